The van der Waals surface area contributed by atoms with Crippen LogP contribution in [0.4, 0.5) is 5.69 Å². The Morgan fingerprint density at radius 1 is 1.47 bits per heavy atom. The van der Waals surface area contributed by atoms with Crippen LogP contribution >= 0.6 is 23.5 Å². The van der Waals surface area contributed by atoms with Crippen LogP contribution < -0.4 is 5.32 Å². The van der Waals surface area contributed by atoms with Gasteiger partial charge in [0.2, 0.25) is 5.91 Å². The van der Waals surface area contributed by atoms with Crippen LogP contribution in [-0.4, -0.2) is 27.8 Å². The van der Waals surface area contributed by atoms with Gasteiger partial charge in [-0.25, -0.2) is 0 Å². The number of carbonyl (C=O) groups excluding carboxylic acids is 1. The second-order valence-corrected chi connectivity index (χ2v) is 7.24. The van der Waals surface area contributed by atoms with Crippen molar-refractivity contribution >= 4 is 39.5 Å². The predicted molar refractivity (Wildman–Crippen MR) is 86.4 cm³/mol. The lowest BCUT2D eigenvalue weighted by Gasteiger charge is -2.13. The molecule has 1 amide bonds. The molecule has 0 radical (unpaired) electrons. The molecule has 0 saturated carbocycles. The minimum atomic E-state index is -0.120. The highest BCUT2D eigenvalue weighted by molar-refractivity contribution is 8.39. The monoisotopic (exact) mass is 294 g/mol. The highest BCUT2D eigenvalue weighted by Crippen LogP contribution is 2.26. The van der Waals surface area contributed by atoms with Crippen LogP contribution in [0, 0.1) is 13.8 Å². The van der Waals surface area contributed by atoms with Gasteiger partial charge in [0.15, 0.2) is 0 Å². The number of rotatable bonds is 3. The first kappa shape index (κ1) is 14.5. The van der Waals surface area contributed by atoms with Crippen molar-refractivity contribution in [1.29, 1.82) is 0 Å². The van der Waals surface area contributed by atoms with Gasteiger partial charge in [0, 0.05) is 11.4 Å². The number of nitrogens with zero attached hydrogens (tertiary/aromatic N) is 1. The zero-order valence-corrected chi connectivity index (χ0v) is 13.0. The van der Waals surface area contributed by atoms with E-state index in [1.54, 1.807) is 23.5 Å². The number of aryl methyl sites for hydroxylation is 2. The topological polar surface area (TPSA) is 41.5 Å². The van der Waals surface area contributed by atoms with Crippen LogP contribution in [0.1, 0.15) is 18.1 Å². The number of carbonyl (C=O) groups is 1. The van der Waals surface area contributed by atoms with Crippen LogP contribution in [0.3, 0.4) is 0 Å². The van der Waals surface area contributed by atoms with Crippen molar-refractivity contribution in [2.75, 3.05) is 17.6 Å². The zero-order valence-electron chi connectivity index (χ0n) is 11.4. The molecule has 1 aliphatic rings. The Kier molecular flexibility index (Phi) is 4.93. The van der Waals surface area contributed by atoms with Crippen molar-refractivity contribution in [3.8, 4) is 0 Å². The molecule has 19 heavy (non-hydrogen) atoms. The van der Waals surface area contributed by atoms with Gasteiger partial charge in [0.05, 0.1) is 11.8 Å². The molecule has 0 spiro atoms. The first-order valence-electron chi connectivity index (χ1n) is 6.28. The van der Waals surface area contributed by atoms with E-state index in [0.717, 1.165) is 27.9 Å². The Morgan fingerprint density at radius 3 is 2.89 bits per heavy atom. The highest BCUT2D eigenvalue weighted by atomic mass is 32.2. The lowest BCUT2D eigenvalue weighted by molar-refractivity contribution is -0.115. The summed E-state index contributed by atoms with van der Waals surface area (Å²) in [6.07, 6.45) is 0. The third-order valence-corrected chi connectivity index (χ3v) is 5.15. The van der Waals surface area contributed by atoms with Crippen molar-refractivity contribution in [1.82, 2.24) is 0 Å². The molecule has 0 aromatic heterocycles. The summed E-state index contributed by atoms with van der Waals surface area (Å²) in [7, 11) is 0. The average Bonchev–Trinajstić information content (AvgIpc) is 2.85. The van der Waals surface area contributed by atoms with Crippen LogP contribution in [-0.2, 0) is 4.79 Å². The van der Waals surface area contributed by atoms with E-state index in [9.17, 15) is 4.79 Å². The lowest BCUT2D eigenvalue weighted by Crippen LogP contribution is -2.23. The Hall–Kier alpha value is -0.940. The molecule has 3 nitrogen and oxygen atoms in total. The summed E-state index contributed by atoms with van der Waals surface area (Å²) in [5.74, 6) is 1.07. The van der Waals surface area contributed by atoms with Gasteiger partial charge in [-0.3, -0.25) is 9.79 Å². The summed E-state index contributed by atoms with van der Waals surface area (Å²) in [5.41, 5.74) is 3.19. The summed E-state index contributed by atoms with van der Waals surface area (Å²) in [5, 5.41) is 2.87. The number of hydrogen-bond acceptors (Lipinski definition) is 4. The second kappa shape index (κ2) is 6.48. The van der Waals surface area contributed by atoms with Gasteiger partial charge in [-0.1, -0.05) is 41.2 Å². The number of anilines is 1. The number of benzene rings is 1. The largest absolute Gasteiger partial charge is 0.325 e. The summed E-state index contributed by atoms with van der Waals surface area (Å²) in [4.78, 5) is 16.5. The maximum absolute atomic E-state index is 12.1. The molecule has 102 valence electrons. The smallest absolute Gasteiger partial charge is 0.237 e. The fourth-order valence-electron chi connectivity index (χ4n) is 1.78. The van der Waals surface area contributed by atoms with E-state index >= 15 is 0 Å². The van der Waals surface area contributed by atoms with Gasteiger partial charge in [-0.15, -0.1) is 0 Å². The maximum Gasteiger partial charge on any atom is 0.237 e. The van der Waals surface area contributed by atoms with Gasteiger partial charge in [0.1, 0.15) is 4.38 Å². The van der Waals surface area contributed by atoms with Gasteiger partial charge < -0.3 is 5.32 Å². The molecule has 5 heteroatoms. The fraction of sp³-hybridized carbons (Fsp3) is 0.429. The third kappa shape index (κ3) is 4.01. The minimum Gasteiger partial charge on any atom is -0.325 e. The molecule has 2 rings (SSSR count). The lowest BCUT2D eigenvalue weighted by atomic mass is 10.1. The molecule has 1 heterocycles. The Bertz CT molecular complexity index is 514. The Balaban J connectivity index is 1.96. The molecular formula is C14H18N2OS2. The van der Waals surface area contributed by atoms with E-state index < -0.39 is 0 Å². The van der Waals surface area contributed by atoms with E-state index in [0.29, 0.717) is 0 Å². The molecule has 0 aliphatic carbocycles. The molecular weight excluding hydrogens is 276 g/mol. The predicted octanol–water partition coefficient (Wildman–Crippen LogP) is 3.47. The van der Waals surface area contributed by atoms with Crippen molar-refractivity contribution in [3.63, 3.8) is 0 Å². The summed E-state index contributed by atoms with van der Waals surface area (Å²) in [6.45, 7) is 6.85. The number of amides is 1. The molecule has 1 aliphatic heterocycles. The second-order valence-electron chi connectivity index (χ2n) is 4.56. The van der Waals surface area contributed by atoms with Crippen molar-refractivity contribution < 1.29 is 4.79 Å². The highest BCUT2D eigenvalue weighted by Gasteiger charge is 2.19. The SMILES string of the molecule is Cc1ccc(NC(=O)C(C)SC2=NCCS2)c(C)c1. The van der Waals surface area contributed by atoms with Gasteiger partial charge in [-0.05, 0) is 32.4 Å². The normalized spacial score (nSPS) is 16.1. The zero-order chi connectivity index (χ0) is 13.8. The number of hydrogen-bond donors (Lipinski definition) is 1. The third-order valence-electron chi connectivity index (χ3n) is 2.84. The van der Waals surface area contributed by atoms with Crippen LogP contribution in [0.5, 0.6) is 0 Å². The molecule has 1 N–H and O–H groups in total. The number of nitrogens with one attached hydrogen (secondary N) is 1. The number of aliphatic imine (C=N–C) groups is 1. The molecule has 1 atom stereocenters. The van der Waals surface area contributed by atoms with Crippen LogP contribution in [0.15, 0.2) is 23.2 Å². The average molecular weight is 294 g/mol. The summed E-state index contributed by atoms with van der Waals surface area (Å²) < 4.78 is 1.03. The maximum atomic E-state index is 12.1. The molecule has 1 aromatic rings. The number of thioether (sulfide) groups is 2. The standard InChI is InChI=1S/C14H18N2OS2/c1-9-4-5-12(10(2)8-9)16-13(17)11(3)19-14-15-6-7-18-14/h4-5,8,11H,6-7H2,1-3H3,(H,16,17). The first-order chi connectivity index (χ1) is 9.06. The fourth-order valence-corrected chi connectivity index (χ4v) is 3.91. The van der Waals surface area contributed by atoms with Gasteiger partial charge >= 0.3 is 0 Å². The van der Waals surface area contributed by atoms with Crippen LogP contribution in [0.25, 0.3) is 0 Å². The van der Waals surface area contributed by atoms with E-state index in [-0.39, 0.29) is 11.2 Å². The summed E-state index contributed by atoms with van der Waals surface area (Å²) >= 11 is 3.28. The van der Waals surface area contributed by atoms with Gasteiger partial charge in [-0.2, -0.15) is 0 Å². The quantitative estimate of drug-likeness (QED) is 0.928. The molecule has 1 unspecified atom stereocenters. The first-order valence-corrected chi connectivity index (χ1v) is 8.15. The minimum absolute atomic E-state index is 0.0344. The van der Waals surface area contributed by atoms with E-state index in [4.69, 9.17) is 0 Å². The Morgan fingerprint density at radius 2 is 2.26 bits per heavy atom. The van der Waals surface area contributed by atoms with E-state index in [1.807, 2.05) is 32.9 Å². The van der Waals surface area contributed by atoms with Crippen molar-refractivity contribution in [3.05, 3.63) is 29.3 Å². The van der Waals surface area contributed by atoms with Crippen LogP contribution in [0.2, 0.25) is 0 Å². The Labute approximate surface area is 122 Å². The van der Waals surface area contributed by atoms with Gasteiger partial charge in [0.25, 0.3) is 0 Å². The van der Waals surface area contributed by atoms with E-state index in [2.05, 4.69) is 16.4 Å². The molecule has 0 bridgehead atoms. The van der Waals surface area contributed by atoms with Crippen molar-refractivity contribution in [2.24, 2.45) is 4.99 Å². The van der Waals surface area contributed by atoms with E-state index in [1.165, 1.54) is 5.56 Å². The van der Waals surface area contributed by atoms with Crippen molar-refractivity contribution in [2.45, 2.75) is 26.0 Å². The summed E-state index contributed by atoms with van der Waals surface area (Å²) in [6, 6.07) is 6.05. The molecule has 1 aromatic carbocycles. The molecule has 0 saturated heterocycles. The molecule has 0 fully saturated rings.